The van der Waals surface area contributed by atoms with E-state index in [9.17, 15) is 18.5 Å². The number of benzene rings is 1. The third kappa shape index (κ3) is 3.11. The first-order chi connectivity index (χ1) is 9.31. The summed E-state index contributed by atoms with van der Waals surface area (Å²) in [5.41, 5.74) is 1.76. The number of carbonyl (C=O) groups is 1. The van der Waals surface area contributed by atoms with Gasteiger partial charge in [0.15, 0.2) is 0 Å². The molecule has 1 amide bonds. The standard InChI is InChI=1S/C13H13ClN2O3S/c1-9-3-2-4-12(11(9)6-15)16-7-10(5-13(16)17)8-20(14,18)19/h2-4,10H,5,7-8H2,1H3. The molecule has 1 aromatic carbocycles. The second-order valence-corrected chi connectivity index (χ2v) is 7.68. The number of nitrogens with zero attached hydrogens (tertiary/aromatic N) is 2. The molecule has 5 nitrogen and oxygen atoms in total. The molecule has 1 aliphatic heterocycles. The molecule has 0 spiro atoms. The summed E-state index contributed by atoms with van der Waals surface area (Å²) in [6.45, 7) is 2.06. The second-order valence-electron chi connectivity index (χ2n) is 4.86. The summed E-state index contributed by atoms with van der Waals surface area (Å²) in [7, 11) is 1.60. The van der Waals surface area contributed by atoms with Crippen LogP contribution < -0.4 is 4.90 Å². The molecule has 0 bridgehead atoms. The molecule has 7 heteroatoms. The highest BCUT2D eigenvalue weighted by atomic mass is 35.7. The average molecular weight is 313 g/mol. The SMILES string of the molecule is Cc1cccc(N2CC(CS(=O)(=O)Cl)CC2=O)c1C#N. The van der Waals surface area contributed by atoms with Gasteiger partial charge >= 0.3 is 0 Å². The Balaban J connectivity index is 2.30. The van der Waals surface area contributed by atoms with Crippen LogP contribution in [0.15, 0.2) is 18.2 Å². The van der Waals surface area contributed by atoms with Crippen LogP contribution in [0.4, 0.5) is 5.69 Å². The molecule has 0 N–H and O–H groups in total. The quantitative estimate of drug-likeness (QED) is 0.797. The average Bonchev–Trinajstić information content (AvgIpc) is 2.67. The van der Waals surface area contributed by atoms with E-state index in [1.807, 2.05) is 0 Å². The van der Waals surface area contributed by atoms with Crippen molar-refractivity contribution < 1.29 is 13.2 Å². The van der Waals surface area contributed by atoms with E-state index in [0.29, 0.717) is 11.3 Å². The van der Waals surface area contributed by atoms with Crippen molar-refractivity contribution in [3.63, 3.8) is 0 Å². The van der Waals surface area contributed by atoms with Gasteiger partial charge in [-0.1, -0.05) is 12.1 Å². The zero-order valence-corrected chi connectivity index (χ0v) is 12.4. The first kappa shape index (κ1) is 14.8. The van der Waals surface area contributed by atoms with E-state index in [0.717, 1.165) is 5.56 Å². The summed E-state index contributed by atoms with van der Waals surface area (Å²) in [5.74, 6) is -0.751. The van der Waals surface area contributed by atoms with Gasteiger partial charge in [0, 0.05) is 29.6 Å². The lowest BCUT2D eigenvalue weighted by atomic mass is 10.1. The largest absolute Gasteiger partial charge is 0.311 e. The Bertz CT molecular complexity index is 694. The van der Waals surface area contributed by atoms with Crippen LogP contribution in [0.3, 0.4) is 0 Å². The van der Waals surface area contributed by atoms with Crippen molar-refractivity contribution >= 4 is 31.3 Å². The Morgan fingerprint density at radius 3 is 2.80 bits per heavy atom. The molecule has 20 heavy (non-hydrogen) atoms. The lowest BCUT2D eigenvalue weighted by Gasteiger charge is -2.18. The molecule has 0 aromatic heterocycles. The highest BCUT2D eigenvalue weighted by molar-refractivity contribution is 8.13. The van der Waals surface area contributed by atoms with Gasteiger partial charge in [-0.3, -0.25) is 4.79 Å². The predicted molar refractivity (Wildman–Crippen MR) is 76.0 cm³/mol. The highest BCUT2D eigenvalue weighted by Gasteiger charge is 2.34. The number of amides is 1. The van der Waals surface area contributed by atoms with Crippen LogP contribution in [0.1, 0.15) is 17.5 Å². The highest BCUT2D eigenvalue weighted by Crippen LogP contribution is 2.30. The van der Waals surface area contributed by atoms with Crippen LogP contribution in [-0.2, 0) is 13.8 Å². The van der Waals surface area contributed by atoms with Crippen molar-refractivity contribution in [1.82, 2.24) is 0 Å². The van der Waals surface area contributed by atoms with Crippen molar-refractivity contribution in [1.29, 1.82) is 5.26 Å². The Labute approximate surface area is 122 Å². The number of anilines is 1. The van der Waals surface area contributed by atoms with Crippen molar-refractivity contribution in [3.05, 3.63) is 29.3 Å². The van der Waals surface area contributed by atoms with E-state index in [-0.39, 0.29) is 30.5 Å². The van der Waals surface area contributed by atoms with Gasteiger partial charge in [-0.15, -0.1) is 0 Å². The van der Waals surface area contributed by atoms with Gasteiger partial charge < -0.3 is 4.90 Å². The summed E-state index contributed by atoms with van der Waals surface area (Å²) in [6.07, 6.45) is 0.130. The zero-order valence-electron chi connectivity index (χ0n) is 10.8. The Morgan fingerprint density at radius 1 is 1.50 bits per heavy atom. The molecule has 1 fully saturated rings. The first-order valence-corrected chi connectivity index (χ1v) is 8.52. The van der Waals surface area contributed by atoms with Gasteiger partial charge in [0.05, 0.1) is 17.0 Å². The van der Waals surface area contributed by atoms with Crippen LogP contribution in [0.5, 0.6) is 0 Å². The minimum Gasteiger partial charge on any atom is -0.311 e. The maximum absolute atomic E-state index is 12.0. The van der Waals surface area contributed by atoms with Gasteiger partial charge in [0.1, 0.15) is 6.07 Å². The van der Waals surface area contributed by atoms with Gasteiger partial charge in [-0.05, 0) is 18.6 Å². The van der Waals surface area contributed by atoms with Crippen molar-refractivity contribution in [2.75, 3.05) is 17.2 Å². The minimum absolute atomic E-state index is 0.130. The molecule has 1 aliphatic rings. The second kappa shape index (κ2) is 5.43. The smallest absolute Gasteiger partial charge is 0.232 e. The van der Waals surface area contributed by atoms with Crippen LogP contribution in [0.25, 0.3) is 0 Å². The number of halogens is 1. The summed E-state index contributed by atoms with van der Waals surface area (Å²) >= 11 is 0. The Hall–Kier alpha value is -1.58. The fourth-order valence-corrected chi connectivity index (χ4v) is 3.75. The molecule has 2 rings (SSSR count). The molecule has 1 heterocycles. The van der Waals surface area contributed by atoms with Crippen molar-refractivity contribution in [2.45, 2.75) is 13.3 Å². The fraction of sp³-hybridized carbons (Fsp3) is 0.385. The first-order valence-electron chi connectivity index (χ1n) is 6.04. The van der Waals surface area contributed by atoms with Crippen molar-refractivity contribution in [2.24, 2.45) is 5.92 Å². The molecule has 1 aromatic rings. The topological polar surface area (TPSA) is 78.2 Å². The summed E-state index contributed by atoms with van der Waals surface area (Å²) < 4.78 is 22.2. The van der Waals surface area contributed by atoms with Crippen LogP contribution in [0, 0.1) is 24.2 Å². The third-order valence-corrected chi connectivity index (χ3v) is 4.54. The van der Waals surface area contributed by atoms with E-state index in [2.05, 4.69) is 6.07 Å². The molecule has 0 saturated carbocycles. The predicted octanol–water partition coefficient (Wildman–Crippen LogP) is 1.79. The third-order valence-electron chi connectivity index (χ3n) is 3.29. The van der Waals surface area contributed by atoms with E-state index in [4.69, 9.17) is 10.7 Å². The molecule has 1 unspecified atom stereocenters. The monoisotopic (exact) mass is 312 g/mol. The number of aryl methyl sites for hydroxylation is 1. The van der Waals surface area contributed by atoms with Gasteiger partial charge in [-0.25, -0.2) is 8.42 Å². The number of rotatable bonds is 3. The molecule has 1 atom stereocenters. The van der Waals surface area contributed by atoms with Gasteiger partial charge in [-0.2, -0.15) is 5.26 Å². The van der Waals surface area contributed by atoms with E-state index in [1.165, 1.54) is 4.90 Å². The Kier molecular flexibility index (Phi) is 4.02. The van der Waals surface area contributed by atoms with E-state index >= 15 is 0 Å². The molecule has 0 aliphatic carbocycles. The normalized spacial score (nSPS) is 19.1. The molecule has 0 radical (unpaired) electrons. The molecular weight excluding hydrogens is 300 g/mol. The fourth-order valence-electron chi connectivity index (χ4n) is 2.43. The molecular formula is C13H13ClN2O3S. The Morgan fingerprint density at radius 2 is 2.20 bits per heavy atom. The van der Waals surface area contributed by atoms with Crippen LogP contribution >= 0.6 is 10.7 Å². The van der Waals surface area contributed by atoms with E-state index in [1.54, 1.807) is 25.1 Å². The number of hydrogen-bond acceptors (Lipinski definition) is 4. The van der Waals surface area contributed by atoms with E-state index < -0.39 is 9.05 Å². The molecule has 106 valence electrons. The number of hydrogen-bond donors (Lipinski definition) is 0. The lowest BCUT2D eigenvalue weighted by Crippen LogP contribution is -2.26. The van der Waals surface area contributed by atoms with Crippen molar-refractivity contribution in [3.8, 4) is 6.07 Å². The molecule has 1 saturated heterocycles. The lowest BCUT2D eigenvalue weighted by molar-refractivity contribution is -0.117. The zero-order chi connectivity index (χ0) is 14.9. The van der Waals surface area contributed by atoms with Crippen LogP contribution in [0.2, 0.25) is 0 Å². The maximum atomic E-state index is 12.0. The van der Waals surface area contributed by atoms with Gasteiger partial charge in [0.25, 0.3) is 0 Å². The van der Waals surface area contributed by atoms with Gasteiger partial charge in [0.2, 0.25) is 15.0 Å². The van der Waals surface area contributed by atoms with Crippen LogP contribution in [-0.4, -0.2) is 26.6 Å². The summed E-state index contributed by atoms with van der Waals surface area (Å²) in [4.78, 5) is 13.5. The maximum Gasteiger partial charge on any atom is 0.232 e. The number of nitriles is 1. The summed E-state index contributed by atoms with van der Waals surface area (Å²) in [6, 6.07) is 7.34. The minimum atomic E-state index is -3.63. The number of carbonyl (C=O) groups excluding carboxylic acids is 1. The summed E-state index contributed by atoms with van der Waals surface area (Å²) in [5, 5.41) is 9.19.